The Morgan fingerprint density at radius 2 is 2.15 bits per heavy atom. The number of oxazole rings is 1. The molecule has 2 aliphatic rings. The Morgan fingerprint density at radius 3 is 2.92 bits per heavy atom. The van der Waals surface area contributed by atoms with Gasteiger partial charge in [0.2, 0.25) is 0 Å². The summed E-state index contributed by atoms with van der Waals surface area (Å²) in [5.41, 5.74) is 3.07. The number of benzene rings is 1. The lowest BCUT2D eigenvalue weighted by atomic mass is 9.89. The zero-order valence-electron chi connectivity index (χ0n) is 22.8. The molecular weight excluding hydrogens is 498 g/mol. The van der Waals surface area contributed by atoms with E-state index in [1.165, 1.54) is 17.5 Å². The van der Waals surface area contributed by atoms with Crippen LogP contribution in [0.25, 0.3) is 0 Å². The van der Waals surface area contributed by atoms with Crippen LogP contribution in [0.3, 0.4) is 0 Å². The SMILES string of the molecule is COC1CC(Nc2cc(C(=O)NC[C@@](C)(O)CN3CCc4c(ccc(OCc5cnco5)c4C)C3)ccn2)C1. The molecule has 10 heteroatoms. The Labute approximate surface area is 228 Å². The van der Waals surface area contributed by atoms with Crippen molar-refractivity contribution in [1.82, 2.24) is 20.2 Å². The van der Waals surface area contributed by atoms with E-state index in [4.69, 9.17) is 13.9 Å². The first-order valence-corrected chi connectivity index (χ1v) is 13.4. The summed E-state index contributed by atoms with van der Waals surface area (Å²) in [6.07, 6.45) is 7.68. The molecule has 3 heterocycles. The molecule has 39 heavy (non-hydrogen) atoms. The Bertz CT molecular complexity index is 1270. The molecule has 2 aromatic heterocycles. The normalized spacial score (nSPS) is 20.4. The summed E-state index contributed by atoms with van der Waals surface area (Å²) in [6, 6.07) is 7.82. The fourth-order valence-corrected chi connectivity index (χ4v) is 5.28. The van der Waals surface area contributed by atoms with Crippen LogP contribution in [0.4, 0.5) is 5.82 Å². The molecule has 10 nitrogen and oxygen atoms in total. The number of hydrogen-bond acceptors (Lipinski definition) is 9. The highest BCUT2D eigenvalue weighted by atomic mass is 16.5. The molecule has 0 saturated heterocycles. The summed E-state index contributed by atoms with van der Waals surface area (Å²) in [6.45, 7) is 6.32. The van der Waals surface area contributed by atoms with Crippen molar-refractivity contribution >= 4 is 11.7 Å². The van der Waals surface area contributed by atoms with E-state index in [1.807, 2.05) is 6.07 Å². The Balaban J connectivity index is 1.11. The van der Waals surface area contributed by atoms with Gasteiger partial charge in [-0.1, -0.05) is 6.07 Å². The molecule has 1 saturated carbocycles. The standard InChI is InChI=1S/C29H37N5O5/c1-19-25-7-9-34(14-21(25)4-5-26(19)38-15-24-13-30-18-39-24)17-29(2,36)16-32-28(35)20-6-8-31-27(10-20)33-22-11-23(12-22)37-3/h4-6,8,10,13,18,22-23,36H,7,9,11-12,14-17H2,1-3H3,(H,31,33)(H,32,35)/t22?,23?,29-/m1/s1. The van der Waals surface area contributed by atoms with Gasteiger partial charge in [0.25, 0.3) is 5.91 Å². The summed E-state index contributed by atoms with van der Waals surface area (Å²) in [7, 11) is 1.72. The van der Waals surface area contributed by atoms with Crippen molar-refractivity contribution in [3.05, 3.63) is 71.1 Å². The van der Waals surface area contributed by atoms with E-state index in [0.29, 0.717) is 36.3 Å². The van der Waals surface area contributed by atoms with Gasteiger partial charge in [-0.25, -0.2) is 9.97 Å². The van der Waals surface area contributed by atoms with Gasteiger partial charge in [-0.15, -0.1) is 0 Å². The van der Waals surface area contributed by atoms with E-state index in [9.17, 15) is 9.90 Å². The van der Waals surface area contributed by atoms with Gasteiger partial charge >= 0.3 is 0 Å². The van der Waals surface area contributed by atoms with E-state index in [-0.39, 0.29) is 18.6 Å². The van der Waals surface area contributed by atoms with E-state index >= 15 is 0 Å². The predicted molar refractivity (Wildman–Crippen MR) is 146 cm³/mol. The van der Waals surface area contributed by atoms with Crippen LogP contribution in [0.5, 0.6) is 5.75 Å². The first-order chi connectivity index (χ1) is 18.8. The number of fused-ring (bicyclic) bond motifs is 1. The molecule has 3 N–H and O–H groups in total. The van der Waals surface area contributed by atoms with Crippen LogP contribution in [0, 0.1) is 6.92 Å². The average Bonchev–Trinajstić information content (AvgIpc) is 3.42. The van der Waals surface area contributed by atoms with Crippen molar-refractivity contribution < 1.29 is 23.8 Å². The third kappa shape index (κ3) is 6.76. The quantitative estimate of drug-likeness (QED) is 0.340. The van der Waals surface area contributed by atoms with Gasteiger partial charge in [0.15, 0.2) is 12.2 Å². The summed E-state index contributed by atoms with van der Waals surface area (Å²) >= 11 is 0. The highest BCUT2D eigenvalue weighted by molar-refractivity contribution is 5.94. The highest BCUT2D eigenvalue weighted by Crippen LogP contribution is 2.30. The maximum absolute atomic E-state index is 12.8. The van der Waals surface area contributed by atoms with Crippen molar-refractivity contribution in [3.8, 4) is 5.75 Å². The number of aromatic nitrogens is 2. The van der Waals surface area contributed by atoms with Gasteiger partial charge in [-0.3, -0.25) is 9.69 Å². The van der Waals surface area contributed by atoms with Crippen LogP contribution in [-0.2, 0) is 24.3 Å². The minimum atomic E-state index is -1.09. The number of nitrogens with zero attached hydrogens (tertiary/aromatic N) is 3. The predicted octanol–water partition coefficient (Wildman–Crippen LogP) is 3.09. The molecule has 1 amide bonds. The lowest BCUT2D eigenvalue weighted by molar-refractivity contribution is 0.0159. The number of β-amino-alcohol motifs (C(OH)–C–C–N with tert-alkyl or cyclic N) is 1. The minimum Gasteiger partial charge on any atom is -0.485 e. The maximum atomic E-state index is 12.8. The Kier molecular flexibility index (Phi) is 8.15. The maximum Gasteiger partial charge on any atom is 0.251 e. The second-order valence-corrected chi connectivity index (χ2v) is 10.8. The molecule has 0 unspecified atom stereocenters. The molecule has 1 aliphatic carbocycles. The number of rotatable bonds is 11. The van der Waals surface area contributed by atoms with Gasteiger partial charge < -0.3 is 29.6 Å². The van der Waals surface area contributed by atoms with Crippen LogP contribution in [0.2, 0.25) is 0 Å². The summed E-state index contributed by atoms with van der Waals surface area (Å²) < 4.78 is 16.5. The third-order valence-electron chi connectivity index (χ3n) is 7.57. The molecule has 0 spiro atoms. The van der Waals surface area contributed by atoms with Gasteiger partial charge in [-0.05, 0) is 68.0 Å². The first kappa shape index (κ1) is 27.1. The fourth-order valence-electron chi connectivity index (χ4n) is 5.28. The van der Waals surface area contributed by atoms with Crippen LogP contribution in [0.15, 0.2) is 47.5 Å². The largest absolute Gasteiger partial charge is 0.485 e. The number of anilines is 1. The number of amides is 1. The van der Waals surface area contributed by atoms with Crippen LogP contribution >= 0.6 is 0 Å². The van der Waals surface area contributed by atoms with E-state index in [0.717, 1.165) is 43.7 Å². The number of aliphatic hydroxyl groups is 1. The van der Waals surface area contributed by atoms with E-state index in [1.54, 1.807) is 38.6 Å². The van der Waals surface area contributed by atoms with E-state index in [2.05, 4.69) is 38.5 Å². The van der Waals surface area contributed by atoms with E-state index < -0.39 is 5.60 Å². The molecule has 208 valence electrons. The minimum absolute atomic E-state index is 0.145. The zero-order chi connectivity index (χ0) is 27.4. The second-order valence-electron chi connectivity index (χ2n) is 10.8. The summed E-state index contributed by atoms with van der Waals surface area (Å²) in [4.78, 5) is 23.3. The first-order valence-electron chi connectivity index (χ1n) is 13.4. The number of nitrogens with one attached hydrogen (secondary N) is 2. The number of pyridine rings is 1. The molecular formula is C29H37N5O5. The Morgan fingerprint density at radius 1 is 1.31 bits per heavy atom. The van der Waals surface area contributed by atoms with Gasteiger partial charge in [0.05, 0.1) is 17.9 Å². The second kappa shape index (κ2) is 11.7. The topological polar surface area (TPSA) is 122 Å². The smallest absolute Gasteiger partial charge is 0.251 e. The van der Waals surface area contributed by atoms with Gasteiger partial charge in [0, 0.05) is 51.1 Å². The molecule has 3 aromatic rings. The van der Waals surface area contributed by atoms with Crippen molar-refractivity contribution in [2.75, 3.05) is 32.1 Å². The third-order valence-corrected chi connectivity index (χ3v) is 7.57. The Hall–Kier alpha value is -3.47. The monoisotopic (exact) mass is 535 g/mol. The number of hydrogen-bond donors (Lipinski definition) is 3. The lowest BCUT2D eigenvalue weighted by Gasteiger charge is -2.35. The van der Waals surface area contributed by atoms with Crippen molar-refractivity contribution in [1.29, 1.82) is 0 Å². The van der Waals surface area contributed by atoms with Crippen LogP contribution in [-0.4, -0.2) is 70.4 Å². The number of methoxy groups -OCH3 is 1. The average molecular weight is 536 g/mol. The molecule has 1 atom stereocenters. The van der Waals surface area contributed by atoms with Gasteiger partial charge in [0.1, 0.15) is 18.2 Å². The number of ether oxygens (including phenoxy) is 2. The van der Waals surface area contributed by atoms with Gasteiger partial charge in [-0.2, -0.15) is 0 Å². The number of carbonyl (C=O) groups excluding carboxylic acids is 1. The lowest BCUT2D eigenvalue weighted by Crippen LogP contribution is -2.49. The summed E-state index contributed by atoms with van der Waals surface area (Å²) in [5, 5.41) is 17.4. The van der Waals surface area contributed by atoms with Crippen molar-refractivity contribution in [3.63, 3.8) is 0 Å². The molecule has 1 aliphatic heterocycles. The van der Waals surface area contributed by atoms with Crippen LogP contribution in [0.1, 0.15) is 52.6 Å². The van der Waals surface area contributed by atoms with Crippen molar-refractivity contribution in [2.24, 2.45) is 0 Å². The molecule has 5 rings (SSSR count). The van der Waals surface area contributed by atoms with Crippen LogP contribution < -0.4 is 15.4 Å². The zero-order valence-corrected chi connectivity index (χ0v) is 22.8. The molecule has 1 fully saturated rings. The van der Waals surface area contributed by atoms with Crippen molar-refractivity contribution in [2.45, 2.75) is 64.0 Å². The highest BCUT2D eigenvalue weighted by Gasteiger charge is 2.30. The summed E-state index contributed by atoms with van der Waals surface area (Å²) in [5.74, 6) is 1.96. The molecule has 1 aromatic carbocycles. The number of carbonyl (C=O) groups is 1. The fraction of sp³-hybridized carbons (Fsp3) is 0.483. The molecule has 0 bridgehead atoms. The molecule has 0 radical (unpaired) electrons.